The molecule has 0 aliphatic carbocycles. The standard InChI is InChI=1S/C15H24N2O/c1-12-9-16-14(7-8-18)11-17(10-12)15-6-4-3-5-13(15)2/h3-6,12,14,16,18H,7-11H2,1-2H3. The molecular formula is C15H24N2O. The first kappa shape index (κ1) is 13.4. The van der Waals surface area contributed by atoms with Gasteiger partial charge in [0.15, 0.2) is 0 Å². The van der Waals surface area contributed by atoms with Gasteiger partial charge >= 0.3 is 0 Å². The number of nitrogens with one attached hydrogen (secondary N) is 1. The number of benzene rings is 1. The second kappa shape index (κ2) is 6.21. The average Bonchev–Trinajstić information content (AvgIpc) is 2.53. The Bertz CT molecular complexity index is 381. The van der Waals surface area contributed by atoms with Crippen LogP contribution < -0.4 is 10.2 Å². The van der Waals surface area contributed by atoms with Crippen LogP contribution in [0.4, 0.5) is 5.69 Å². The van der Waals surface area contributed by atoms with Gasteiger partial charge in [0, 0.05) is 31.4 Å². The topological polar surface area (TPSA) is 35.5 Å². The largest absolute Gasteiger partial charge is 0.396 e. The third-order valence-electron chi connectivity index (χ3n) is 3.66. The van der Waals surface area contributed by atoms with E-state index in [1.54, 1.807) is 0 Å². The van der Waals surface area contributed by atoms with Crippen LogP contribution in [0.5, 0.6) is 0 Å². The van der Waals surface area contributed by atoms with Crippen LogP contribution in [-0.2, 0) is 0 Å². The number of rotatable bonds is 3. The highest BCUT2D eigenvalue weighted by Crippen LogP contribution is 2.22. The molecule has 2 atom stereocenters. The molecule has 3 heteroatoms. The van der Waals surface area contributed by atoms with Crippen LogP contribution in [0.3, 0.4) is 0 Å². The number of aliphatic hydroxyl groups is 1. The zero-order valence-electron chi connectivity index (χ0n) is 11.4. The lowest BCUT2D eigenvalue weighted by molar-refractivity contribution is 0.266. The molecule has 0 spiro atoms. The van der Waals surface area contributed by atoms with E-state index in [0.717, 1.165) is 26.1 Å². The molecule has 0 bridgehead atoms. The zero-order valence-corrected chi connectivity index (χ0v) is 11.4. The summed E-state index contributed by atoms with van der Waals surface area (Å²) in [5, 5.41) is 12.7. The second-order valence-corrected chi connectivity index (χ2v) is 5.41. The van der Waals surface area contributed by atoms with Gasteiger partial charge in [-0.25, -0.2) is 0 Å². The van der Waals surface area contributed by atoms with Crippen LogP contribution in [0.15, 0.2) is 24.3 Å². The molecule has 0 radical (unpaired) electrons. The van der Waals surface area contributed by atoms with Gasteiger partial charge in [-0.15, -0.1) is 0 Å². The van der Waals surface area contributed by atoms with Crippen LogP contribution >= 0.6 is 0 Å². The van der Waals surface area contributed by atoms with Crippen LogP contribution in [0.25, 0.3) is 0 Å². The van der Waals surface area contributed by atoms with E-state index in [2.05, 4.69) is 48.3 Å². The lowest BCUT2D eigenvalue weighted by atomic mass is 10.1. The molecule has 1 saturated heterocycles. The first-order chi connectivity index (χ1) is 8.70. The Hall–Kier alpha value is -1.06. The highest BCUT2D eigenvalue weighted by molar-refractivity contribution is 5.53. The number of nitrogens with zero attached hydrogens (tertiary/aromatic N) is 1. The SMILES string of the molecule is Cc1ccccc1N1CC(C)CNC(CCO)C1. The molecule has 0 aromatic heterocycles. The Balaban J connectivity index is 2.16. The summed E-state index contributed by atoms with van der Waals surface area (Å²) in [5.41, 5.74) is 2.66. The first-order valence-electron chi connectivity index (χ1n) is 6.85. The Morgan fingerprint density at radius 1 is 1.33 bits per heavy atom. The normalized spacial score (nSPS) is 24.9. The van der Waals surface area contributed by atoms with Crippen molar-refractivity contribution in [2.45, 2.75) is 26.3 Å². The Morgan fingerprint density at radius 2 is 2.11 bits per heavy atom. The quantitative estimate of drug-likeness (QED) is 0.856. The molecule has 1 fully saturated rings. The maximum absolute atomic E-state index is 9.13. The monoisotopic (exact) mass is 248 g/mol. The van der Waals surface area contributed by atoms with Gasteiger partial charge in [-0.3, -0.25) is 0 Å². The van der Waals surface area contributed by atoms with Crippen molar-refractivity contribution in [1.29, 1.82) is 0 Å². The molecule has 1 aliphatic rings. The molecule has 100 valence electrons. The highest BCUT2D eigenvalue weighted by atomic mass is 16.3. The number of hydrogen-bond donors (Lipinski definition) is 2. The molecule has 1 heterocycles. The average molecular weight is 248 g/mol. The van der Waals surface area contributed by atoms with E-state index in [1.807, 2.05) is 0 Å². The first-order valence-corrected chi connectivity index (χ1v) is 6.85. The maximum Gasteiger partial charge on any atom is 0.0446 e. The summed E-state index contributed by atoms with van der Waals surface area (Å²) >= 11 is 0. The minimum Gasteiger partial charge on any atom is -0.396 e. The van der Waals surface area contributed by atoms with Gasteiger partial charge in [-0.1, -0.05) is 25.1 Å². The summed E-state index contributed by atoms with van der Waals surface area (Å²) in [6.45, 7) is 7.80. The summed E-state index contributed by atoms with van der Waals surface area (Å²) in [7, 11) is 0. The molecule has 3 nitrogen and oxygen atoms in total. The van der Waals surface area contributed by atoms with Gasteiger partial charge in [-0.05, 0) is 37.4 Å². The van der Waals surface area contributed by atoms with Gasteiger partial charge in [0.25, 0.3) is 0 Å². The third kappa shape index (κ3) is 3.24. The number of anilines is 1. The van der Waals surface area contributed by atoms with E-state index >= 15 is 0 Å². The molecule has 1 aliphatic heterocycles. The summed E-state index contributed by atoms with van der Waals surface area (Å²) in [6.07, 6.45) is 0.828. The minimum atomic E-state index is 0.258. The predicted octanol–water partition coefficient (Wildman–Crippen LogP) is 1.79. The minimum absolute atomic E-state index is 0.258. The zero-order chi connectivity index (χ0) is 13.0. The molecule has 1 aromatic carbocycles. The molecule has 18 heavy (non-hydrogen) atoms. The fourth-order valence-electron chi connectivity index (χ4n) is 2.68. The van der Waals surface area contributed by atoms with Gasteiger partial charge in [0.05, 0.1) is 0 Å². The number of hydrogen-bond acceptors (Lipinski definition) is 3. The predicted molar refractivity (Wildman–Crippen MR) is 76.0 cm³/mol. The summed E-state index contributed by atoms with van der Waals surface area (Å²) < 4.78 is 0. The van der Waals surface area contributed by atoms with Gasteiger partial charge < -0.3 is 15.3 Å². The van der Waals surface area contributed by atoms with Crippen molar-refractivity contribution in [3.8, 4) is 0 Å². The van der Waals surface area contributed by atoms with Crippen LogP contribution in [0, 0.1) is 12.8 Å². The Labute approximate surface area is 110 Å². The second-order valence-electron chi connectivity index (χ2n) is 5.41. The fourth-order valence-corrected chi connectivity index (χ4v) is 2.68. The number of aryl methyl sites for hydroxylation is 1. The molecule has 2 N–H and O–H groups in total. The Morgan fingerprint density at radius 3 is 2.83 bits per heavy atom. The fraction of sp³-hybridized carbons (Fsp3) is 0.600. The van der Waals surface area contributed by atoms with E-state index in [4.69, 9.17) is 5.11 Å². The van der Waals surface area contributed by atoms with Gasteiger partial charge in [0.2, 0.25) is 0 Å². The van der Waals surface area contributed by atoms with Crippen molar-refractivity contribution in [2.75, 3.05) is 31.1 Å². The molecule has 1 aromatic rings. The smallest absolute Gasteiger partial charge is 0.0446 e. The van der Waals surface area contributed by atoms with Crippen molar-refractivity contribution in [3.05, 3.63) is 29.8 Å². The lowest BCUT2D eigenvalue weighted by Gasteiger charge is -2.28. The van der Waals surface area contributed by atoms with Gasteiger partial charge in [0.1, 0.15) is 0 Å². The van der Waals surface area contributed by atoms with E-state index in [0.29, 0.717) is 12.0 Å². The molecular weight excluding hydrogens is 224 g/mol. The van der Waals surface area contributed by atoms with E-state index in [-0.39, 0.29) is 6.61 Å². The number of para-hydroxylation sites is 1. The van der Waals surface area contributed by atoms with Crippen molar-refractivity contribution >= 4 is 5.69 Å². The summed E-state index contributed by atoms with van der Waals surface area (Å²) in [5.74, 6) is 0.633. The molecule has 2 rings (SSSR count). The number of aliphatic hydroxyl groups excluding tert-OH is 1. The van der Waals surface area contributed by atoms with Crippen LogP contribution in [0.1, 0.15) is 18.9 Å². The van der Waals surface area contributed by atoms with Crippen molar-refractivity contribution in [1.82, 2.24) is 5.32 Å². The molecule has 0 saturated carbocycles. The van der Waals surface area contributed by atoms with E-state index in [9.17, 15) is 0 Å². The van der Waals surface area contributed by atoms with Crippen molar-refractivity contribution in [2.24, 2.45) is 5.92 Å². The van der Waals surface area contributed by atoms with Crippen molar-refractivity contribution in [3.63, 3.8) is 0 Å². The van der Waals surface area contributed by atoms with Gasteiger partial charge in [-0.2, -0.15) is 0 Å². The lowest BCUT2D eigenvalue weighted by Crippen LogP contribution is -2.38. The van der Waals surface area contributed by atoms with Crippen molar-refractivity contribution < 1.29 is 5.11 Å². The van der Waals surface area contributed by atoms with Crippen LogP contribution in [0.2, 0.25) is 0 Å². The summed E-state index contributed by atoms with van der Waals surface area (Å²) in [4.78, 5) is 2.46. The third-order valence-corrected chi connectivity index (χ3v) is 3.66. The maximum atomic E-state index is 9.13. The van der Waals surface area contributed by atoms with E-state index in [1.165, 1.54) is 11.3 Å². The van der Waals surface area contributed by atoms with Crippen LogP contribution in [-0.4, -0.2) is 37.4 Å². The molecule has 0 amide bonds. The highest BCUT2D eigenvalue weighted by Gasteiger charge is 2.21. The Kier molecular flexibility index (Phi) is 4.61. The van der Waals surface area contributed by atoms with E-state index < -0.39 is 0 Å². The summed E-state index contributed by atoms with van der Waals surface area (Å²) in [6, 6.07) is 8.94. The molecule has 2 unspecified atom stereocenters.